The Morgan fingerprint density at radius 3 is 2.24 bits per heavy atom. The molecule has 0 saturated carbocycles. The molecule has 17 heavy (non-hydrogen) atoms. The van der Waals surface area contributed by atoms with Crippen molar-refractivity contribution in [1.29, 1.82) is 5.26 Å². The molecule has 90 valence electrons. The topological polar surface area (TPSA) is 79.5 Å². The Bertz CT molecular complexity index is 428. The van der Waals surface area contributed by atoms with Crippen molar-refractivity contribution in [3.8, 4) is 17.6 Å². The molecule has 0 aromatic heterocycles. The lowest BCUT2D eigenvalue weighted by Gasteiger charge is -2.09. The van der Waals surface area contributed by atoms with E-state index in [4.69, 9.17) is 19.8 Å². The first-order valence-corrected chi connectivity index (χ1v) is 4.95. The number of nitriles is 1. The van der Waals surface area contributed by atoms with Crippen LogP contribution in [0.25, 0.3) is 0 Å². The number of aliphatic carboxylic acids is 1. The van der Waals surface area contributed by atoms with Crippen LogP contribution in [0.4, 0.5) is 0 Å². The number of carboxylic acid groups (broad SMARTS) is 1. The maximum absolute atomic E-state index is 10.8. The number of carbonyl (C=O) groups is 1. The third-order valence-electron chi connectivity index (χ3n) is 2.30. The Kier molecular flexibility index (Phi) is 4.35. The van der Waals surface area contributed by atoms with E-state index in [1.54, 1.807) is 24.3 Å². The summed E-state index contributed by atoms with van der Waals surface area (Å²) in [6.07, 6.45) is 0.124. The number of ether oxygens (including phenoxy) is 2. The van der Waals surface area contributed by atoms with Gasteiger partial charge >= 0.3 is 5.97 Å². The van der Waals surface area contributed by atoms with Crippen LogP contribution >= 0.6 is 0 Å². The van der Waals surface area contributed by atoms with Crippen molar-refractivity contribution in [1.82, 2.24) is 0 Å². The fourth-order valence-electron chi connectivity index (χ4n) is 1.41. The number of carboxylic acids is 1. The van der Waals surface area contributed by atoms with Gasteiger partial charge in [0.1, 0.15) is 17.4 Å². The van der Waals surface area contributed by atoms with E-state index in [1.165, 1.54) is 14.2 Å². The highest BCUT2D eigenvalue weighted by atomic mass is 16.5. The molecule has 5 heteroatoms. The molecule has 0 heterocycles. The lowest BCUT2D eigenvalue weighted by atomic mass is 10.0. The molecule has 5 nitrogen and oxygen atoms in total. The normalized spacial score (nSPS) is 11.4. The molecule has 1 rings (SSSR count). The van der Waals surface area contributed by atoms with E-state index in [9.17, 15) is 4.79 Å². The highest BCUT2D eigenvalue weighted by Gasteiger charge is 2.17. The van der Waals surface area contributed by atoms with Crippen molar-refractivity contribution >= 4 is 5.97 Å². The molecular weight excluding hydrogens is 222 g/mol. The zero-order valence-electron chi connectivity index (χ0n) is 9.64. The number of rotatable bonds is 5. The lowest BCUT2D eigenvalue weighted by molar-refractivity contribution is -0.139. The average molecular weight is 235 g/mol. The Balaban J connectivity index is 2.97. The van der Waals surface area contributed by atoms with E-state index in [1.807, 2.05) is 0 Å². The second kappa shape index (κ2) is 5.75. The number of hydrogen-bond acceptors (Lipinski definition) is 4. The van der Waals surface area contributed by atoms with Crippen molar-refractivity contribution in [2.24, 2.45) is 5.92 Å². The van der Waals surface area contributed by atoms with Crippen LogP contribution in [-0.4, -0.2) is 25.3 Å². The molecule has 0 amide bonds. The fraction of sp³-hybridized carbons (Fsp3) is 0.333. The summed E-state index contributed by atoms with van der Waals surface area (Å²) < 4.78 is 10.1. The minimum absolute atomic E-state index is 0.124. The van der Waals surface area contributed by atoms with Crippen LogP contribution in [0, 0.1) is 17.2 Å². The molecule has 0 saturated heterocycles. The minimum Gasteiger partial charge on any atom is -0.497 e. The summed E-state index contributed by atoms with van der Waals surface area (Å²) in [5.41, 5.74) is 0.690. The molecule has 0 aliphatic carbocycles. The monoisotopic (exact) mass is 235 g/mol. The van der Waals surface area contributed by atoms with Gasteiger partial charge in [-0.1, -0.05) is 0 Å². The van der Waals surface area contributed by atoms with Gasteiger partial charge in [0.25, 0.3) is 0 Å². The van der Waals surface area contributed by atoms with Gasteiger partial charge in [0.2, 0.25) is 0 Å². The average Bonchev–Trinajstić information content (AvgIpc) is 2.34. The predicted molar refractivity (Wildman–Crippen MR) is 60.0 cm³/mol. The van der Waals surface area contributed by atoms with Gasteiger partial charge in [-0.05, 0) is 24.1 Å². The lowest BCUT2D eigenvalue weighted by Crippen LogP contribution is -2.14. The molecule has 0 aliphatic rings. The molecule has 0 aliphatic heterocycles. The maximum Gasteiger partial charge on any atom is 0.321 e. The van der Waals surface area contributed by atoms with Gasteiger partial charge in [-0.15, -0.1) is 0 Å². The van der Waals surface area contributed by atoms with Crippen LogP contribution in [0.2, 0.25) is 0 Å². The first-order valence-electron chi connectivity index (χ1n) is 4.95. The summed E-state index contributed by atoms with van der Waals surface area (Å²) >= 11 is 0. The van der Waals surface area contributed by atoms with Gasteiger partial charge in [-0.25, -0.2) is 0 Å². The quantitative estimate of drug-likeness (QED) is 0.835. The third kappa shape index (κ3) is 3.38. The van der Waals surface area contributed by atoms with Crippen LogP contribution in [0.5, 0.6) is 11.5 Å². The second-order valence-corrected chi connectivity index (χ2v) is 3.44. The molecule has 0 spiro atoms. The molecule has 1 unspecified atom stereocenters. The van der Waals surface area contributed by atoms with Crippen molar-refractivity contribution in [2.45, 2.75) is 6.42 Å². The Morgan fingerprint density at radius 2 is 1.88 bits per heavy atom. The molecular formula is C12H13NO4. The van der Waals surface area contributed by atoms with Gasteiger partial charge < -0.3 is 14.6 Å². The van der Waals surface area contributed by atoms with E-state index >= 15 is 0 Å². The van der Waals surface area contributed by atoms with Gasteiger partial charge in [0, 0.05) is 6.07 Å². The highest BCUT2D eigenvalue weighted by molar-refractivity contribution is 5.73. The SMILES string of the molecule is COc1cc(CC(C#N)C(=O)O)cc(OC)c1. The standard InChI is InChI=1S/C12H13NO4/c1-16-10-4-8(5-11(6-10)17-2)3-9(7-13)12(14)15/h4-6,9H,3H2,1-2H3,(H,14,15). The molecule has 1 aromatic rings. The van der Waals surface area contributed by atoms with Crippen molar-refractivity contribution in [3.63, 3.8) is 0 Å². The Hall–Kier alpha value is -2.22. The summed E-state index contributed by atoms with van der Waals surface area (Å²) in [4.78, 5) is 10.8. The summed E-state index contributed by atoms with van der Waals surface area (Å²) in [5.74, 6) is -1.05. The maximum atomic E-state index is 10.8. The fourth-order valence-corrected chi connectivity index (χ4v) is 1.41. The van der Waals surface area contributed by atoms with E-state index in [0.29, 0.717) is 17.1 Å². The number of methoxy groups -OCH3 is 2. The summed E-state index contributed by atoms with van der Waals surface area (Å²) in [5, 5.41) is 17.5. The molecule has 0 radical (unpaired) electrons. The van der Waals surface area contributed by atoms with E-state index in [0.717, 1.165) is 0 Å². The van der Waals surface area contributed by atoms with Crippen LogP contribution in [0.1, 0.15) is 5.56 Å². The van der Waals surface area contributed by atoms with E-state index in [-0.39, 0.29) is 6.42 Å². The second-order valence-electron chi connectivity index (χ2n) is 3.44. The highest BCUT2D eigenvalue weighted by Crippen LogP contribution is 2.24. The predicted octanol–water partition coefficient (Wildman–Crippen LogP) is 1.47. The molecule has 0 bridgehead atoms. The van der Waals surface area contributed by atoms with Crippen molar-refractivity contribution in [3.05, 3.63) is 23.8 Å². The molecule has 0 fully saturated rings. The zero-order valence-corrected chi connectivity index (χ0v) is 9.64. The Labute approximate surface area is 99.2 Å². The smallest absolute Gasteiger partial charge is 0.321 e. The summed E-state index contributed by atoms with van der Waals surface area (Å²) in [6, 6.07) is 6.81. The van der Waals surface area contributed by atoms with Crippen LogP contribution < -0.4 is 9.47 Å². The van der Waals surface area contributed by atoms with Crippen molar-refractivity contribution < 1.29 is 19.4 Å². The van der Waals surface area contributed by atoms with Crippen LogP contribution in [-0.2, 0) is 11.2 Å². The van der Waals surface area contributed by atoms with Crippen LogP contribution in [0.3, 0.4) is 0 Å². The molecule has 1 aromatic carbocycles. The van der Waals surface area contributed by atoms with E-state index in [2.05, 4.69) is 0 Å². The summed E-state index contributed by atoms with van der Waals surface area (Å²) in [7, 11) is 3.02. The number of nitrogens with zero attached hydrogens (tertiary/aromatic N) is 1. The Morgan fingerprint density at radius 1 is 1.35 bits per heavy atom. The number of hydrogen-bond donors (Lipinski definition) is 1. The summed E-state index contributed by atoms with van der Waals surface area (Å²) in [6.45, 7) is 0. The van der Waals surface area contributed by atoms with Gasteiger partial charge in [-0.2, -0.15) is 5.26 Å². The van der Waals surface area contributed by atoms with Gasteiger partial charge in [-0.3, -0.25) is 4.79 Å². The number of benzene rings is 1. The minimum atomic E-state index is -1.13. The van der Waals surface area contributed by atoms with Crippen LogP contribution in [0.15, 0.2) is 18.2 Å². The third-order valence-corrected chi connectivity index (χ3v) is 2.30. The zero-order chi connectivity index (χ0) is 12.8. The largest absolute Gasteiger partial charge is 0.497 e. The van der Waals surface area contributed by atoms with Gasteiger partial charge in [0.15, 0.2) is 0 Å². The first kappa shape index (κ1) is 12.8. The van der Waals surface area contributed by atoms with E-state index < -0.39 is 11.9 Å². The van der Waals surface area contributed by atoms with Crippen molar-refractivity contribution in [2.75, 3.05) is 14.2 Å². The molecule has 1 atom stereocenters. The molecule has 1 N–H and O–H groups in total. The van der Waals surface area contributed by atoms with Gasteiger partial charge in [0.05, 0.1) is 20.3 Å². The first-order chi connectivity index (χ1) is 8.10.